The van der Waals surface area contributed by atoms with Gasteiger partial charge in [0.25, 0.3) is 5.91 Å². The SMILES string of the molecule is C[C@@H]1CCCC[C@H]1NC(=O)[C@@]1(C)Cn2c(cc3sccc32)C(=O)N1Cc1ccc2c(c1)OCO2. The molecule has 6 rings (SSSR count). The molecule has 2 amide bonds. The lowest BCUT2D eigenvalue weighted by Gasteiger charge is -2.45. The van der Waals surface area contributed by atoms with Gasteiger partial charge < -0.3 is 24.3 Å². The molecule has 1 aliphatic carbocycles. The van der Waals surface area contributed by atoms with Gasteiger partial charge >= 0.3 is 0 Å². The zero-order valence-corrected chi connectivity index (χ0v) is 20.3. The molecule has 3 aliphatic rings. The van der Waals surface area contributed by atoms with E-state index < -0.39 is 5.54 Å². The van der Waals surface area contributed by atoms with E-state index in [0.717, 1.165) is 35.0 Å². The number of hydrogen-bond donors (Lipinski definition) is 1. The van der Waals surface area contributed by atoms with E-state index in [1.54, 1.807) is 16.2 Å². The van der Waals surface area contributed by atoms with Crippen molar-refractivity contribution in [1.29, 1.82) is 0 Å². The Kier molecular flexibility index (Phi) is 5.09. The first-order valence-corrected chi connectivity index (χ1v) is 12.9. The summed E-state index contributed by atoms with van der Waals surface area (Å²) >= 11 is 1.62. The smallest absolute Gasteiger partial charge is 0.271 e. The number of amides is 2. The standard InChI is InChI=1S/C26H29N3O4S/c1-16-5-3-4-6-18(16)27-25(31)26(2)14-28-19-9-10-34-23(19)12-20(28)24(30)29(26)13-17-7-8-21-22(11-17)33-15-32-21/h7-12,16,18H,3-6,13-15H2,1-2H3,(H,27,31)/t16-,18-,26-/m1/s1. The van der Waals surface area contributed by atoms with Crippen molar-refractivity contribution in [3.05, 3.63) is 47.0 Å². The largest absolute Gasteiger partial charge is 0.454 e. The number of nitrogens with zero attached hydrogens (tertiary/aromatic N) is 2. The van der Waals surface area contributed by atoms with Gasteiger partial charge in [0.15, 0.2) is 11.5 Å². The fraction of sp³-hybridized carbons (Fsp3) is 0.462. The number of ether oxygens (including phenoxy) is 2. The third-order valence-electron chi connectivity index (χ3n) is 7.74. The molecule has 0 saturated heterocycles. The lowest BCUT2D eigenvalue weighted by molar-refractivity contribution is -0.134. The van der Waals surface area contributed by atoms with Crippen LogP contribution < -0.4 is 14.8 Å². The number of benzene rings is 1. The van der Waals surface area contributed by atoms with Crippen LogP contribution in [0.2, 0.25) is 0 Å². The number of hydrogen-bond acceptors (Lipinski definition) is 5. The molecule has 34 heavy (non-hydrogen) atoms. The molecule has 3 atom stereocenters. The predicted molar refractivity (Wildman–Crippen MR) is 130 cm³/mol. The summed E-state index contributed by atoms with van der Waals surface area (Å²) in [6, 6.07) is 9.85. The monoisotopic (exact) mass is 479 g/mol. The summed E-state index contributed by atoms with van der Waals surface area (Å²) in [7, 11) is 0. The fourth-order valence-corrected chi connectivity index (χ4v) is 6.42. The van der Waals surface area contributed by atoms with Crippen LogP contribution in [-0.4, -0.2) is 39.7 Å². The molecule has 1 saturated carbocycles. The average molecular weight is 480 g/mol. The topological polar surface area (TPSA) is 72.8 Å². The number of thiophene rings is 1. The highest BCUT2D eigenvalue weighted by Gasteiger charge is 2.48. The van der Waals surface area contributed by atoms with Gasteiger partial charge in [0.1, 0.15) is 11.2 Å². The molecule has 7 nitrogen and oxygen atoms in total. The van der Waals surface area contributed by atoms with Gasteiger partial charge in [0.05, 0.1) is 16.8 Å². The molecule has 1 aromatic carbocycles. The molecule has 3 aromatic rings. The van der Waals surface area contributed by atoms with Crippen LogP contribution >= 0.6 is 11.3 Å². The second-order valence-corrected chi connectivity index (χ2v) is 10.9. The second-order valence-electron chi connectivity index (χ2n) is 9.98. The second kappa shape index (κ2) is 8.05. The Morgan fingerprint density at radius 2 is 2.00 bits per heavy atom. The number of fused-ring (bicyclic) bond motifs is 4. The molecule has 1 fully saturated rings. The highest BCUT2D eigenvalue weighted by atomic mass is 32.1. The minimum absolute atomic E-state index is 0.0805. The van der Waals surface area contributed by atoms with Crippen molar-refractivity contribution >= 4 is 33.4 Å². The van der Waals surface area contributed by atoms with Crippen LogP contribution in [0.15, 0.2) is 35.7 Å². The van der Waals surface area contributed by atoms with Crippen molar-refractivity contribution in [3.8, 4) is 11.5 Å². The van der Waals surface area contributed by atoms with Gasteiger partial charge in [-0.05, 0) is 60.9 Å². The molecule has 0 spiro atoms. The Hall–Kier alpha value is -3.00. The third-order valence-corrected chi connectivity index (χ3v) is 8.60. The summed E-state index contributed by atoms with van der Waals surface area (Å²) in [5.41, 5.74) is 1.54. The van der Waals surface area contributed by atoms with E-state index in [1.165, 1.54) is 6.42 Å². The molecule has 178 valence electrons. The Bertz CT molecular complexity index is 1280. The first-order chi connectivity index (χ1) is 16.4. The minimum atomic E-state index is -1.02. The van der Waals surface area contributed by atoms with Gasteiger partial charge in [0.2, 0.25) is 12.7 Å². The summed E-state index contributed by atoms with van der Waals surface area (Å²) in [5.74, 6) is 1.61. The van der Waals surface area contributed by atoms with E-state index in [9.17, 15) is 9.59 Å². The molecule has 1 N–H and O–H groups in total. The molecule has 2 aliphatic heterocycles. The number of carbonyl (C=O) groups excluding carboxylic acids is 2. The summed E-state index contributed by atoms with van der Waals surface area (Å²) in [6.07, 6.45) is 4.45. The summed E-state index contributed by atoms with van der Waals surface area (Å²) in [5, 5.41) is 5.36. The normalized spacial score (nSPS) is 26.1. The van der Waals surface area contributed by atoms with Crippen molar-refractivity contribution in [3.63, 3.8) is 0 Å². The Morgan fingerprint density at radius 1 is 1.18 bits per heavy atom. The van der Waals surface area contributed by atoms with Gasteiger partial charge in [-0.1, -0.05) is 25.8 Å². The van der Waals surface area contributed by atoms with E-state index in [0.29, 0.717) is 36.2 Å². The summed E-state index contributed by atoms with van der Waals surface area (Å²) in [4.78, 5) is 29.5. The molecular formula is C26H29N3O4S. The molecule has 8 heteroatoms. The van der Waals surface area contributed by atoms with Crippen molar-refractivity contribution < 1.29 is 19.1 Å². The number of carbonyl (C=O) groups is 2. The predicted octanol–water partition coefficient (Wildman–Crippen LogP) is 4.54. The van der Waals surface area contributed by atoms with E-state index in [-0.39, 0.29) is 24.6 Å². The van der Waals surface area contributed by atoms with E-state index >= 15 is 0 Å². The molecule has 2 aromatic heterocycles. The van der Waals surface area contributed by atoms with Crippen LogP contribution in [0.25, 0.3) is 10.2 Å². The minimum Gasteiger partial charge on any atom is -0.454 e. The molecule has 0 radical (unpaired) electrons. The van der Waals surface area contributed by atoms with E-state index in [4.69, 9.17) is 9.47 Å². The Balaban J connectivity index is 1.37. The maximum absolute atomic E-state index is 13.9. The van der Waals surface area contributed by atoms with Gasteiger partial charge in [-0.3, -0.25) is 9.59 Å². The highest BCUT2D eigenvalue weighted by molar-refractivity contribution is 7.17. The van der Waals surface area contributed by atoms with E-state index in [2.05, 4.69) is 12.2 Å². The van der Waals surface area contributed by atoms with Crippen LogP contribution in [0.4, 0.5) is 0 Å². The Morgan fingerprint density at radius 3 is 2.85 bits per heavy atom. The fourth-order valence-electron chi connectivity index (χ4n) is 5.60. The van der Waals surface area contributed by atoms with Crippen LogP contribution in [0.3, 0.4) is 0 Å². The lowest BCUT2D eigenvalue weighted by Crippen LogP contribution is -2.65. The first kappa shape index (κ1) is 21.5. The molecule has 0 unspecified atom stereocenters. The third kappa shape index (κ3) is 3.38. The van der Waals surface area contributed by atoms with Crippen LogP contribution in [0.1, 0.15) is 55.6 Å². The first-order valence-electron chi connectivity index (χ1n) is 12.0. The van der Waals surface area contributed by atoms with Gasteiger partial charge in [-0.15, -0.1) is 11.3 Å². The summed E-state index contributed by atoms with van der Waals surface area (Å²) < 4.78 is 14.1. The van der Waals surface area contributed by atoms with Gasteiger partial charge in [-0.25, -0.2) is 0 Å². The van der Waals surface area contributed by atoms with Crippen molar-refractivity contribution in [2.24, 2.45) is 5.92 Å². The van der Waals surface area contributed by atoms with Crippen LogP contribution in [-0.2, 0) is 17.9 Å². The van der Waals surface area contributed by atoms with Crippen molar-refractivity contribution in [1.82, 2.24) is 14.8 Å². The Labute approximate surface area is 202 Å². The highest BCUT2D eigenvalue weighted by Crippen LogP contribution is 2.38. The van der Waals surface area contributed by atoms with Crippen LogP contribution in [0, 0.1) is 5.92 Å². The average Bonchev–Trinajstić information content (AvgIpc) is 3.55. The number of aromatic nitrogens is 1. The van der Waals surface area contributed by atoms with Gasteiger partial charge in [-0.2, -0.15) is 0 Å². The molecule has 0 bridgehead atoms. The maximum Gasteiger partial charge on any atom is 0.271 e. The zero-order valence-electron chi connectivity index (χ0n) is 19.5. The molecule has 4 heterocycles. The zero-order chi connectivity index (χ0) is 23.4. The van der Waals surface area contributed by atoms with Crippen molar-refractivity contribution in [2.75, 3.05) is 6.79 Å². The van der Waals surface area contributed by atoms with E-state index in [1.807, 2.05) is 47.2 Å². The van der Waals surface area contributed by atoms with Crippen LogP contribution in [0.5, 0.6) is 11.5 Å². The summed E-state index contributed by atoms with van der Waals surface area (Å²) in [6.45, 7) is 5.05. The molecular weight excluding hydrogens is 450 g/mol. The van der Waals surface area contributed by atoms with Gasteiger partial charge in [0, 0.05) is 12.6 Å². The maximum atomic E-state index is 13.9. The van der Waals surface area contributed by atoms with Crippen molar-refractivity contribution in [2.45, 2.75) is 64.2 Å². The quantitative estimate of drug-likeness (QED) is 0.596. The number of rotatable bonds is 4. The number of nitrogens with one attached hydrogen (secondary N) is 1. The lowest BCUT2D eigenvalue weighted by atomic mass is 9.85.